The van der Waals surface area contributed by atoms with Crippen molar-refractivity contribution in [3.63, 3.8) is 0 Å². The smallest absolute Gasteiger partial charge is 0.870 e. The first-order valence-corrected chi connectivity index (χ1v) is 9.91. The molecule has 0 bridgehead atoms. The van der Waals surface area contributed by atoms with Gasteiger partial charge in [0.05, 0.1) is 11.9 Å². The third-order valence-corrected chi connectivity index (χ3v) is 4.25. The number of alkyl halides is 4. The first kappa shape index (κ1) is 39.4. The van der Waals surface area contributed by atoms with Crippen molar-refractivity contribution in [3.8, 4) is 0 Å². The van der Waals surface area contributed by atoms with E-state index < -0.39 is 23.4 Å². The first-order valence-electron chi connectivity index (χ1n) is 9.91. The molecule has 9 nitrogen and oxygen atoms in total. The molecule has 0 spiro atoms. The van der Waals surface area contributed by atoms with Crippen molar-refractivity contribution in [1.82, 2.24) is 10.3 Å². The number of carbonyl (C=O) groups excluding carboxylic acids is 4. The number of hydrogen-bond acceptors (Lipinski definition) is 9. The van der Waals surface area contributed by atoms with E-state index in [4.69, 9.17) is 19.2 Å². The van der Waals surface area contributed by atoms with Crippen LogP contribution < -0.4 is 18.9 Å². The molecule has 204 valence electrons. The normalized spacial score (nSPS) is 9.36. The van der Waals surface area contributed by atoms with E-state index in [9.17, 15) is 17.6 Å². The molecule has 2 heterocycles. The fourth-order valence-electron chi connectivity index (χ4n) is 2.58. The summed E-state index contributed by atoms with van der Waals surface area (Å²) in [6.45, 7) is 1.84. The maximum Gasteiger partial charge on any atom is 1.00 e. The van der Waals surface area contributed by atoms with Gasteiger partial charge < -0.3 is 14.5 Å². The zero-order valence-electron chi connectivity index (χ0n) is 20.0. The van der Waals surface area contributed by atoms with E-state index in [2.05, 4.69) is 19.4 Å². The van der Waals surface area contributed by atoms with Crippen LogP contribution in [0, 0.1) is 0 Å². The minimum atomic E-state index is -3.12. The van der Waals surface area contributed by atoms with E-state index in [1.807, 2.05) is 6.92 Å². The predicted octanol–water partition coefficient (Wildman–Crippen LogP) is 2.49. The van der Waals surface area contributed by atoms with Crippen molar-refractivity contribution in [2.24, 2.45) is 0 Å². The maximum absolute atomic E-state index is 13.9. The van der Waals surface area contributed by atoms with Crippen LogP contribution >= 0.6 is 0 Å². The third kappa shape index (κ3) is 11.9. The summed E-state index contributed by atoms with van der Waals surface area (Å²) in [4.78, 5) is 32.5. The molecule has 14 heteroatoms. The van der Waals surface area contributed by atoms with Crippen molar-refractivity contribution >= 4 is 12.3 Å². The van der Waals surface area contributed by atoms with Gasteiger partial charge in [-0.3, -0.25) is 0 Å². The third-order valence-electron chi connectivity index (χ3n) is 4.25. The van der Waals surface area contributed by atoms with Gasteiger partial charge in [-0.1, -0.05) is 85.3 Å². The zero-order valence-corrected chi connectivity index (χ0v) is 20.0. The summed E-state index contributed by atoms with van der Waals surface area (Å²) in [7, 11) is 0. The average Bonchev–Trinajstić information content (AvgIpc) is 3.60. The van der Waals surface area contributed by atoms with Crippen molar-refractivity contribution < 1.29 is 70.1 Å². The van der Waals surface area contributed by atoms with Crippen LogP contribution in [0.3, 0.4) is 0 Å². The van der Waals surface area contributed by atoms with Crippen LogP contribution in [0.5, 0.6) is 0 Å². The quantitative estimate of drug-likeness (QED) is 0.272. The van der Waals surface area contributed by atoms with Gasteiger partial charge >= 0.3 is 43.0 Å². The van der Waals surface area contributed by atoms with E-state index >= 15 is 0 Å². The Hall–Kier alpha value is -4.10. The van der Waals surface area contributed by atoms with Crippen molar-refractivity contribution in [3.05, 3.63) is 107 Å². The van der Waals surface area contributed by atoms with Crippen LogP contribution in [0.25, 0.3) is 0 Å². The van der Waals surface area contributed by atoms with E-state index in [1.165, 1.54) is 36.5 Å². The molecule has 0 aliphatic rings. The fourth-order valence-corrected chi connectivity index (χ4v) is 2.58. The largest absolute Gasteiger partial charge is 1.00 e. The van der Waals surface area contributed by atoms with Crippen LogP contribution in [0.4, 0.5) is 17.6 Å². The molecule has 0 fully saturated rings. The number of benzene rings is 2. The number of rotatable bonds is 5. The van der Waals surface area contributed by atoms with Gasteiger partial charge in [0, 0.05) is 23.3 Å². The number of hydrogen-bond donors (Lipinski definition) is 0. The van der Waals surface area contributed by atoms with Crippen molar-refractivity contribution in [2.75, 3.05) is 0 Å². The van der Waals surface area contributed by atoms with E-state index in [0.29, 0.717) is 12.1 Å². The molecule has 0 unspecified atom stereocenters. The molecule has 0 aliphatic heterocycles. The van der Waals surface area contributed by atoms with Crippen LogP contribution in [0.15, 0.2) is 88.0 Å². The molecular formula is C25H23F4LiN2O7. The second-order valence-corrected chi connectivity index (χ2v) is 6.46. The van der Waals surface area contributed by atoms with Gasteiger partial charge in [0.1, 0.15) is 0 Å². The summed E-state index contributed by atoms with van der Waals surface area (Å²) < 4.78 is 64.1. The fraction of sp³-hybridized carbons (Fsp3) is 0.200. The Balaban J connectivity index is -0.000000522. The number of halogens is 4. The van der Waals surface area contributed by atoms with Gasteiger partial charge in [-0.15, -0.1) is 0 Å². The summed E-state index contributed by atoms with van der Waals surface area (Å²) in [5.41, 5.74) is 0.344. The molecule has 0 amide bonds. The minimum absolute atomic E-state index is 0. The van der Waals surface area contributed by atoms with Crippen LogP contribution in [0.2, 0.25) is 0 Å². The molecule has 0 saturated heterocycles. The van der Waals surface area contributed by atoms with Crippen LogP contribution in [-0.4, -0.2) is 28.1 Å². The van der Waals surface area contributed by atoms with Crippen LogP contribution in [0.1, 0.15) is 42.7 Å². The summed E-state index contributed by atoms with van der Waals surface area (Å²) >= 11 is 0. The Morgan fingerprint density at radius 1 is 0.744 bits per heavy atom. The molecule has 4 aromatic rings. The SMILES string of the molecule is C.CCc1cc(C(F)(F)c2ccccc2)on1.FC(F)(c1ccccc1)c1ccno1.O=C=O.O=C=O.[Li+].[OH-]. The molecule has 0 radical (unpaired) electrons. The standard InChI is InChI=1S/C12H11F2NO.C10H7F2NO.2CO2.CH4.Li.H2O/c1-2-10-8-11(16-15-10)12(13,14)9-6-4-3-5-7-9;11-10(12,9-6-7-13-14-9)8-4-2-1-3-5-8;2*2-1-3;;;/h3-8H,2H2,1H3;1-7H;;;1H4;;1H2/q;;;;;+1;/p-1. The summed E-state index contributed by atoms with van der Waals surface area (Å²) in [5.74, 6) is -7.08. The van der Waals surface area contributed by atoms with Crippen molar-refractivity contribution in [1.29, 1.82) is 0 Å². The maximum atomic E-state index is 13.9. The van der Waals surface area contributed by atoms with E-state index in [1.54, 1.807) is 36.4 Å². The molecule has 0 aliphatic carbocycles. The number of aryl methyl sites for hydroxylation is 1. The van der Waals surface area contributed by atoms with E-state index in [0.717, 1.165) is 6.07 Å². The van der Waals surface area contributed by atoms with Crippen LogP contribution in [-0.2, 0) is 37.4 Å². The van der Waals surface area contributed by atoms with Gasteiger partial charge in [0.15, 0.2) is 0 Å². The number of aromatic nitrogens is 2. The average molecular weight is 546 g/mol. The monoisotopic (exact) mass is 546 g/mol. The van der Waals surface area contributed by atoms with Gasteiger partial charge in [-0.05, 0) is 6.42 Å². The minimum Gasteiger partial charge on any atom is -0.870 e. The first-order chi connectivity index (χ1) is 17.2. The molecular weight excluding hydrogens is 523 g/mol. The Labute approximate surface area is 232 Å². The molecule has 39 heavy (non-hydrogen) atoms. The molecule has 0 saturated carbocycles. The Morgan fingerprint density at radius 2 is 1.15 bits per heavy atom. The van der Waals surface area contributed by atoms with Gasteiger partial charge in [-0.25, -0.2) is 0 Å². The second-order valence-electron chi connectivity index (χ2n) is 6.46. The Morgan fingerprint density at radius 3 is 1.49 bits per heavy atom. The Bertz CT molecular complexity index is 1220. The molecule has 0 atom stereocenters. The van der Waals surface area contributed by atoms with Gasteiger partial charge in [-0.2, -0.15) is 36.7 Å². The summed E-state index contributed by atoms with van der Waals surface area (Å²) in [6, 6.07) is 17.5. The number of nitrogens with zero attached hydrogens (tertiary/aromatic N) is 2. The molecule has 2 aromatic heterocycles. The molecule has 2 aromatic carbocycles. The predicted molar refractivity (Wildman–Crippen MR) is 120 cm³/mol. The molecule has 1 N–H and O–H groups in total. The second kappa shape index (κ2) is 19.9. The summed E-state index contributed by atoms with van der Waals surface area (Å²) in [5, 5.41) is 6.83. The van der Waals surface area contributed by atoms with E-state index in [-0.39, 0.29) is 55.2 Å². The van der Waals surface area contributed by atoms with Crippen molar-refractivity contribution in [2.45, 2.75) is 32.6 Å². The zero-order chi connectivity index (χ0) is 27.0. The topological polar surface area (TPSA) is 150 Å². The van der Waals surface area contributed by atoms with Gasteiger partial charge in [0.2, 0.25) is 11.5 Å². The summed E-state index contributed by atoms with van der Waals surface area (Å²) in [6.07, 6.45) is 2.28. The Kier molecular flexibility index (Phi) is 20.1. The van der Waals surface area contributed by atoms with Gasteiger partial charge in [0.25, 0.3) is 0 Å². The molecule has 4 rings (SSSR count).